The van der Waals surface area contributed by atoms with Gasteiger partial charge in [0.2, 0.25) is 0 Å². The minimum atomic E-state index is -0.441. The van der Waals surface area contributed by atoms with Crippen LogP contribution in [-0.4, -0.2) is 34.8 Å². The fraction of sp³-hybridized carbons (Fsp3) is 0.105. The number of carbonyl (C=O) groups is 2. The first-order valence-corrected chi connectivity index (χ1v) is 8.91. The van der Waals surface area contributed by atoms with E-state index in [1.54, 1.807) is 42.5 Å². The zero-order valence-corrected chi connectivity index (χ0v) is 15.6. The van der Waals surface area contributed by atoms with Crippen LogP contribution in [0.5, 0.6) is 0 Å². The van der Waals surface area contributed by atoms with Gasteiger partial charge in [-0.3, -0.25) is 9.69 Å². The summed E-state index contributed by atoms with van der Waals surface area (Å²) in [6.07, 6.45) is 3.27. The van der Waals surface area contributed by atoms with Gasteiger partial charge in [0, 0.05) is 18.2 Å². The highest BCUT2D eigenvalue weighted by atomic mass is 32.2. The molecule has 1 aliphatic heterocycles. The van der Waals surface area contributed by atoms with Crippen molar-refractivity contribution in [2.45, 2.75) is 0 Å². The lowest BCUT2D eigenvalue weighted by Crippen LogP contribution is -2.27. The minimum absolute atomic E-state index is 0.173. The molecule has 5 nitrogen and oxygen atoms in total. The van der Waals surface area contributed by atoms with Crippen molar-refractivity contribution in [2.75, 3.05) is 13.7 Å². The van der Waals surface area contributed by atoms with Crippen LogP contribution in [0.2, 0.25) is 0 Å². The Labute approximate surface area is 160 Å². The van der Waals surface area contributed by atoms with Crippen molar-refractivity contribution in [1.82, 2.24) is 4.90 Å². The number of methoxy groups -OCH3 is 1. The molecule has 0 radical (unpaired) electrons. The first-order chi connectivity index (χ1) is 12.5. The number of thioether (sulfide) groups is 1. The van der Waals surface area contributed by atoms with Crippen LogP contribution in [0.4, 0.5) is 0 Å². The molecule has 0 aliphatic carbocycles. The topological polar surface area (TPSA) is 59.8 Å². The number of carbonyl (C=O) groups excluding carboxylic acids is 2. The van der Waals surface area contributed by atoms with Gasteiger partial charge in [0.15, 0.2) is 0 Å². The maximum atomic E-state index is 12.4. The van der Waals surface area contributed by atoms with Crippen LogP contribution < -0.4 is 0 Å². The summed E-state index contributed by atoms with van der Waals surface area (Å²) in [7, 11) is 1.33. The number of hydrogen-bond donors (Lipinski definition) is 0. The van der Waals surface area contributed by atoms with Crippen molar-refractivity contribution in [2.24, 2.45) is 0 Å². The zero-order valence-electron chi connectivity index (χ0n) is 13.9. The van der Waals surface area contributed by atoms with Crippen molar-refractivity contribution in [1.29, 1.82) is 0 Å². The molecule has 0 N–H and O–H groups in total. The number of ether oxygens (including phenoxy) is 1. The summed E-state index contributed by atoms with van der Waals surface area (Å²) in [5.41, 5.74) is 1.03. The number of rotatable bonds is 5. The Morgan fingerprint density at radius 1 is 1.35 bits per heavy atom. The largest absolute Gasteiger partial charge is 0.465 e. The molecule has 1 aromatic carbocycles. The molecule has 0 spiro atoms. The predicted octanol–water partition coefficient (Wildman–Crippen LogP) is 4.12. The van der Waals surface area contributed by atoms with E-state index in [2.05, 4.69) is 6.58 Å². The van der Waals surface area contributed by atoms with Crippen LogP contribution in [0.3, 0.4) is 0 Å². The van der Waals surface area contributed by atoms with E-state index in [1.165, 1.54) is 23.8 Å². The summed E-state index contributed by atoms with van der Waals surface area (Å²) < 4.78 is 11.1. The number of thiocarbonyl (C=S) groups is 1. The van der Waals surface area contributed by atoms with Crippen molar-refractivity contribution in [3.63, 3.8) is 0 Å². The average Bonchev–Trinajstić information content (AvgIpc) is 3.22. The molecular formula is C19H15NO4S2. The third kappa shape index (κ3) is 3.49. The number of furan rings is 1. The third-order valence-electron chi connectivity index (χ3n) is 3.68. The van der Waals surface area contributed by atoms with Crippen LogP contribution in [0.25, 0.3) is 17.4 Å². The molecule has 1 amide bonds. The first-order valence-electron chi connectivity index (χ1n) is 7.69. The van der Waals surface area contributed by atoms with E-state index in [1.807, 2.05) is 6.07 Å². The summed E-state index contributed by atoms with van der Waals surface area (Å²) in [6, 6.07) is 10.5. The quantitative estimate of drug-likeness (QED) is 0.334. The Morgan fingerprint density at radius 3 is 2.85 bits per heavy atom. The van der Waals surface area contributed by atoms with E-state index in [0.717, 1.165) is 0 Å². The average molecular weight is 385 g/mol. The fourth-order valence-corrected chi connectivity index (χ4v) is 3.73. The molecule has 0 saturated carbocycles. The number of benzene rings is 1. The zero-order chi connectivity index (χ0) is 18.7. The Morgan fingerprint density at radius 2 is 2.12 bits per heavy atom. The van der Waals surface area contributed by atoms with Gasteiger partial charge in [0.25, 0.3) is 5.91 Å². The van der Waals surface area contributed by atoms with E-state index in [0.29, 0.717) is 38.4 Å². The Kier molecular flexibility index (Phi) is 5.39. The molecule has 1 saturated heterocycles. The smallest absolute Gasteiger partial charge is 0.338 e. The lowest BCUT2D eigenvalue weighted by molar-refractivity contribution is -0.121. The van der Waals surface area contributed by atoms with Gasteiger partial charge in [0.1, 0.15) is 15.8 Å². The van der Waals surface area contributed by atoms with Crippen molar-refractivity contribution < 1.29 is 18.7 Å². The molecule has 0 unspecified atom stereocenters. The summed E-state index contributed by atoms with van der Waals surface area (Å²) in [5, 5.41) is 0. The molecular weight excluding hydrogens is 370 g/mol. The van der Waals surface area contributed by atoms with E-state index < -0.39 is 5.97 Å². The summed E-state index contributed by atoms with van der Waals surface area (Å²) in [6.45, 7) is 4.00. The van der Waals surface area contributed by atoms with Gasteiger partial charge >= 0.3 is 5.97 Å². The van der Waals surface area contributed by atoms with Crippen LogP contribution in [0, 0.1) is 0 Å². The maximum absolute atomic E-state index is 12.4. The highest BCUT2D eigenvalue weighted by Gasteiger charge is 2.31. The second-order valence-corrected chi connectivity index (χ2v) is 7.00. The van der Waals surface area contributed by atoms with Crippen LogP contribution in [-0.2, 0) is 9.53 Å². The molecule has 26 heavy (non-hydrogen) atoms. The first kappa shape index (κ1) is 18.2. The van der Waals surface area contributed by atoms with Gasteiger partial charge in [-0.15, -0.1) is 6.58 Å². The molecule has 3 rings (SSSR count). The Hall–Kier alpha value is -2.64. The Bertz CT molecular complexity index is 929. The third-order valence-corrected chi connectivity index (χ3v) is 5.06. The highest BCUT2D eigenvalue weighted by molar-refractivity contribution is 8.26. The molecule has 1 aromatic heterocycles. The van der Waals surface area contributed by atoms with E-state index in [-0.39, 0.29) is 5.91 Å². The van der Waals surface area contributed by atoms with Crippen LogP contribution in [0.1, 0.15) is 16.1 Å². The Balaban J connectivity index is 1.90. The lowest BCUT2D eigenvalue weighted by atomic mass is 10.1. The van der Waals surface area contributed by atoms with Crippen molar-refractivity contribution >= 4 is 46.3 Å². The van der Waals surface area contributed by atoms with Gasteiger partial charge in [-0.05, 0) is 18.2 Å². The standard InChI is InChI=1S/C19H15NO4S2/c1-3-10-20-17(21)16(26-19(20)25)11-12-8-9-15(24-12)13-6-4-5-7-14(13)18(22)23-2/h3-9,11H,1,10H2,2H3/b16-11+. The summed E-state index contributed by atoms with van der Waals surface area (Å²) >= 11 is 6.43. The summed E-state index contributed by atoms with van der Waals surface area (Å²) in [4.78, 5) is 26.3. The molecule has 0 atom stereocenters. The van der Waals surface area contributed by atoms with Gasteiger partial charge < -0.3 is 9.15 Å². The fourth-order valence-electron chi connectivity index (χ4n) is 2.48. The molecule has 1 aliphatic rings. The summed E-state index contributed by atoms with van der Waals surface area (Å²) in [5.74, 6) is 0.397. The highest BCUT2D eigenvalue weighted by Crippen LogP contribution is 2.34. The van der Waals surface area contributed by atoms with E-state index in [4.69, 9.17) is 21.4 Å². The van der Waals surface area contributed by atoms with E-state index >= 15 is 0 Å². The molecule has 7 heteroatoms. The number of hydrogen-bond acceptors (Lipinski definition) is 6. The predicted molar refractivity (Wildman–Crippen MR) is 106 cm³/mol. The lowest BCUT2D eigenvalue weighted by Gasteiger charge is -2.10. The minimum Gasteiger partial charge on any atom is -0.465 e. The molecule has 2 heterocycles. The monoisotopic (exact) mass is 385 g/mol. The van der Waals surface area contributed by atoms with Gasteiger partial charge in [0.05, 0.1) is 17.6 Å². The van der Waals surface area contributed by atoms with E-state index in [9.17, 15) is 9.59 Å². The second-order valence-electron chi connectivity index (χ2n) is 5.32. The van der Waals surface area contributed by atoms with Crippen LogP contribution in [0.15, 0.2) is 58.4 Å². The number of nitrogens with zero attached hydrogens (tertiary/aromatic N) is 1. The molecule has 2 aromatic rings. The van der Waals surface area contributed by atoms with Crippen molar-refractivity contribution in [3.05, 3.63) is 65.3 Å². The van der Waals surface area contributed by atoms with Gasteiger partial charge in [-0.25, -0.2) is 4.79 Å². The number of esters is 1. The van der Waals surface area contributed by atoms with Crippen molar-refractivity contribution in [3.8, 4) is 11.3 Å². The van der Waals surface area contributed by atoms with Gasteiger partial charge in [-0.2, -0.15) is 0 Å². The molecule has 0 bridgehead atoms. The van der Waals surface area contributed by atoms with Gasteiger partial charge in [-0.1, -0.05) is 48.3 Å². The van der Waals surface area contributed by atoms with Crippen LogP contribution >= 0.6 is 24.0 Å². The second kappa shape index (κ2) is 7.72. The molecule has 132 valence electrons. The molecule has 1 fully saturated rings. The normalized spacial score (nSPS) is 15.6. The maximum Gasteiger partial charge on any atom is 0.338 e. The number of amides is 1. The SMILES string of the molecule is C=CCN1C(=O)/C(=C\c2ccc(-c3ccccc3C(=O)OC)o2)SC1=S.